The normalized spacial score (nSPS) is 29.0. The van der Waals surface area contributed by atoms with Crippen LogP contribution in [0.3, 0.4) is 0 Å². The smallest absolute Gasteiger partial charge is 0.238 e. The summed E-state index contributed by atoms with van der Waals surface area (Å²) in [5, 5.41) is 8.68. The molecule has 0 amide bonds. The fraction of sp³-hybridized carbons (Fsp3) is 0.500. The molecule has 1 aromatic rings. The molecular formula is C16H22N2O2S. The summed E-state index contributed by atoms with van der Waals surface area (Å²) in [5.74, 6) is 2.29. The van der Waals surface area contributed by atoms with E-state index in [0.29, 0.717) is 0 Å². The molecule has 114 valence electrons. The van der Waals surface area contributed by atoms with E-state index in [4.69, 9.17) is 5.14 Å². The van der Waals surface area contributed by atoms with Crippen molar-refractivity contribution in [3.8, 4) is 0 Å². The van der Waals surface area contributed by atoms with Crippen LogP contribution in [0.25, 0.3) is 0 Å². The van der Waals surface area contributed by atoms with Gasteiger partial charge in [0.05, 0.1) is 4.90 Å². The predicted molar refractivity (Wildman–Crippen MR) is 83.1 cm³/mol. The zero-order valence-corrected chi connectivity index (χ0v) is 13.0. The van der Waals surface area contributed by atoms with Crippen LogP contribution in [-0.4, -0.2) is 15.0 Å². The summed E-state index contributed by atoms with van der Waals surface area (Å²) in [5.41, 5.74) is 1.08. The minimum absolute atomic E-state index is 0.164. The highest BCUT2D eigenvalue weighted by atomic mass is 32.2. The van der Waals surface area contributed by atoms with Crippen molar-refractivity contribution in [3.05, 3.63) is 42.0 Å². The number of allylic oxidation sites excluding steroid dienone is 2. The lowest BCUT2D eigenvalue weighted by Gasteiger charge is -2.22. The second kappa shape index (κ2) is 5.55. The molecule has 0 aliphatic heterocycles. The van der Waals surface area contributed by atoms with E-state index in [1.54, 1.807) is 12.1 Å². The molecule has 0 aromatic heterocycles. The van der Waals surface area contributed by atoms with Crippen molar-refractivity contribution in [2.45, 2.75) is 30.7 Å². The van der Waals surface area contributed by atoms with Crippen molar-refractivity contribution in [2.24, 2.45) is 22.9 Å². The molecule has 0 heterocycles. The minimum Gasteiger partial charge on any atom is -0.310 e. The summed E-state index contributed by atoms with van der Waals surface area (Å²) >= 11 is 0. The van der Waals surface area contributed by atoms with Gasteiger partial charge in [0.15, 0.2) is 0 Å². The molecule has 0 spiro atoms. The first-order valence-electron chi connectivity index (χ1n) is 7.48. The zero-order valence-electron chi connectivity index (χ0n) is 12.2. The van der Waals surface area contributed by atoms with Crippen molar-refractivity contribution in [1.82, 2.24) is 5.32 Å². The molecule has 1 saturated carbocycles. The second-order valence-electron chi connectivity index (χ2n) is 6.28. The van der Waals surface area contributed by atoms with Gasteiger partial charge in [-0.1, -0.05) is 24.3 Å². The van der Waals surface area contributed by atoms with E-state index in [9.17, 15) is 8.42 Å². The average molecular weight is 306 g/mol. The zero-order chi connectivity index (χ0) is 15.0. The molecule has 21 heavy (non-hydrogen) atoms. The van der Waals surface area contributed by atoms with Crippen LogP contribution in [-0.2, 0) is 10.0 Å². The Kier molecular flexibility index (Phi) is 3.90. The molecule has 2 bridgehead atoms. The summed E-state index contributed by atoms with van der Waals surface area (Å²) in [6.45, 7) is 3.12. The van der Waals surface area contributed by atoms with Crippen LogP contribution in [0.2, 0.25) is 0 Å². The quantitative estimate of drug-likeness (QED) is 0.819. The van der Waals surface area contributed by atoms with Gasteiger partial charge in [-0.3, -0.25) is 0 Å². The van der Waals surface area contributed by atoms with Crippen LogP contribution in [0.5, 0.6) is 0 Å². The van der Waals surface area contributed by atoms with Gasteiger partial charge in [0, 0.05) is 6.04 Å². The Morgan fingerprint density at radius 3 is 2.48 bits per heavy atom. The number of rotatable bonds is 5. The SMILES string of the molecule is CC(NCC1CC2C=CC1C2)c1ccc(S(N)(=O)=O)cc1. The number of sulfonamides is 1. The summed E-state index contributed by atoms with van der Waals surface area (Å²) in [6, 6.07) is 7.02. The summed E-state index contributed by atoms with van der Waals surface area (Å²) in [7, 11) is -3.60. The molecule has 4 atom stereocenters. The lowest BCUT2D eigenvalue weighted by atomic mass is 9.93. The van der Waals surface area contributed by atoms with E-state index >= 15 is 0 Å². The van der Waals surface area contributed by atoms with Crippen LogP contribution < -0.4 is 10.5 Å². The number of nitrogens with two attached hydrogens (primary N) is 1. The van der Waals surface area contributed by atoms with Gasteiger partial charge in [0.25, 0.3) is 0 Å². The highest BCUT2D eigenvalue weighted by molar-refractivity contribution is 7.89. The first-order valence-corrected chi connectivity index (χ1v) is 9.02. The highest BCUT2D eigenvalue weighted by Crippen LogP contribution is 2.43. The molecular weight excluding hydrogens is 284 g/mol. The van der Waals surface area contributed by atoms with Crippen molar-refractivity contribution in [3.63, 3.8) is 0 Å². The van der Waals surface area contributed by atoms with Crippen LogP contribution in [0.1, 0.15) is 31.4 Å². The molecule has 4 nitrogen and oxygen atoms in total. The van der Waals surface area contributed by atoms with Gasteiger partial charge in [-0.05, 0) is 61.8 Å². The van der Waals surface area contributed by atoms with Crippen LogP contribution >= 0.6 is 0 Å². The van der Waals surface area contributed by atoms with Crippen molar-refractivity contribution in [1.29, 1.82) is 0 Å². The van der Waals surface area contributed by atoms with Crippen LogP contribution in [0.15, 0.2) is 41.3 Å². The third kappa shape index (κ3) is 3.20. The molecule has 2 aliphatic carbocycles. The van der Waals surface area contributed by atoms with Crippen molar-refractivity contribution >= 4 is 10.0 Å². The lowest BCUT2D eigenvalue weighted by Crippen LogP contribution is -2.27. The largest absolute Gasteiger partial charge is 0.310 e. The maximum absolute atomic E-state index is 11.2. The molecule has 5 heteroatoms. The van der Waals surface area contributed by atoms with Crippen LogP contribution in [0.4, 0.5) is 0 Å². The predicted octanol–water partition coefficient (Wildman–Crippen LogP) is 2.20. The number of fused-ring (bicyclic) bond motifs is 2. The molecule has 0 saturated heterocycles. The average Bonchev–Trinajstić information content (AvgIpc) is 3.06. The van der Waals surface area contributed by atoms with Gasteiger partial charge < -0.3 is 5.32 Å². The topological polar surface area (TPSA) is 72.2 Å². The fourth-order valence-corrected chi connectivity index (χ4v) is 4.04. The number of hydrogen-bond donors (Lipinski definition) is 2. The molecule has 1 fully saturated rings. The Labute approximate surface area is 126 Å². The second-order valence-corrected chi connectivity index (χ2v) is 7.85. The summed E-state index contributed by atoms with van der Waals surface area (Å²) in [4.78, 5) is 0.164. The van der Waals surface area contributed by atoms with E-state index in [2.05, 4.69) is 24.4 Å². The van der Waals surface area contributed by atoms with Gasteiger partial charge in [0.1, 0.15) is 0 Å². The van der Waals surface area contributed by atoms with E-state index in [-0.39, 0.29) is 10.9 Å². The Morgan fingerprint density at radius 1 is 1.24 bits per heavy atom. The molecule has 1 aromatic carbocycles. The van der Waals surface area contributed by atoms with Crippen molar-refractivity contribution < 1.29 is 8.42 Å². The van der Waals surface area contributed by atoms with Gasteiger partial charge in [0.2, 0.25) is 10.0 Å². The minimum atomic E-state index is -3.60. The molecule has 3 N–H and O–H groups in total. The number of hydrogen-bond acceptors (Lipinski definition) is 3. The van der Waals surface area contributed by atoms with E-state index in [1.165, 1.54) is 12.8 Å². The third-order valence-corrected chi connectivity index (χ3v) is 5.74. The Bertz CT molecular complexity index is 637. The number of primary sulfonamides is 1. The first-order chi connectivity index (χ1) is 9.93. The maximum atomic E-state index is 11.2. The van der Waals surface area contributed by atoms with E-state index < -0.39 is 10.0 Å². The highest BCUT2D eigenvalue weighted by Gasteiger charge is 2.35. The Hall–Kier alpha value is -1.17. The molecule has 0 radical (unpaired) electrons. The standard InChI is InChI=1S/C16H22N2O2S/c1-11(13-4-6-16(7-5-13)21(17,19)20)18-10-15-9-12-2-3-14(15)8-12/h2-7,11-12,14-15,18H,8-10H2,1H3,(H2,17,19,20). The van der Waals surface area contributed by atoms with E-state index in [0.717, 1.165) is 29.9 Å². The number of benzene rings is 1. The molecule has 3 rings (SSSR count). The first kappa shape index (κ1) is 14.8. The maximum Gasteiger partial charge on any atom is 0.238 e. The monoisotopic (exact) mass is 306 g/mol. The summed E-state index contributed by atoms with van der Waals surface area (Å²) < 4.78 is 22.5. The van der Waals surface area contributed by atoms with E-state index in [1.807, 2.05) is 12.1 Å². The molecule has 2 aliphatic rings. The summed E-state index contributed by atoms with van der Waals surface area (Å²) in [6.07, 6.45) is 7.34. The Balaban J connectivity index is 1.58. The number of nitrogens with one attached hydrogen (secondary N) is 1. The van der Waals surface area contributed by atoms with Gasteiger partial charge in [-0.2, -0.15) is 0 Å². The van der Waals surface area contributed by atoms with Gasteiger partial charge >= 0.3 is 0 Å². The van der Waals surface area contributed by atoms with Crippen LogP contribution in [0, 0.1) is 17.8 Å². The lowest BCUT2D eigenvalue weighted by molar-refractivity contribution is 0.393. The van der Waals surface area contributed by atoms with Crippen molar-refractivity contribution in [2.75, 3.05) is 6.54 Å². The Morgan fingerprint density at radius 2 is 1.95 bits per heavy atom. The fourth-order valence-electron chi connectivity index (χ4n) is 3.52. The third-order valence-electron chi connectivity index (χ3n) is 4.81. The van der Waals surface area contributed by atoms with Gasteiger partial charge in [-0.15, -0.1) is 0 Å². The molecule has 4 unspecified atom stereocenters. The van der Waals surface area contributed by atoms with Gasteiger partial charge in [-0.25, -0.2) is 13.6 Å².